The number of halogens is 1. The van der Waals surface area contributed by atoms with E-state index in [1.807, 2.05) is 19.0 Å². The summed E-state index contributed by atoms with van der Waals surface area (Å²) < 4.78 is 32.8. The zero-order valence-corrected chi connectivity index (χ0v) is 23.5. The van der Waals surface area contributed by atoms with Gasteiger partial charge < -0.3 is 29.4 Å². The molecule has 1 aromatic carbocycles. The third-order valence-corrected chi connectivity index (χ3v) is 7.44. The van der Waals surface area contributed by atoms with E-state index in [0.29, 0.717) is 23.3 Å². The van der Waals surface area contributed by atoms with Gasteiger partial charge in [0.2, 0.25) is 5.60 Å². The molecule has 2 N–H and O–H groups in total. The minimum atomic E-state index is -1.79. The van der Waals surface area contributed by atoms with Crippen molar-refractivity contribution in [1.82, 2.24) is 14.5 Å². The molecule has 216 valence electrons. The second kappa shape index (κ2) is 10.3. The molecule has 2 aliphatic rings. The maximum Gasteiger partial charge on any atom is 0.355 e. The number of ether oxygens (including phenoxy) is 3. The number of nitrogens with zero attached hydrogens (tertiary/aromatic N) is 3. The molecule has 4 heterocycles. The fourth-order valence-electron chi connectivity index (χ4n) is 5.35. The van der Waals surface area contributed by atoms with Crippen molar-refractivity contribution in [3.63, 3.8) is 0 Å². The molecule has 0 fully saturated rings. The smallest absolute Gasteiger partial charge is 0.355 e. The molecular weight excluding hydrogens is 535 g/mol. The number of nitrogens with two attached hydrogens (primary N) is 1. The average molecular weight is 567 g/mol. The van der Waals surface area contributed by atoms with Gasteiger partial charge in [0.1, 0.15) is 6.61 Å². The van der Waals surface area contributed by atoms with Crippen LogP contribution < -0.4 is 16.0 Å². The Morgan fingerprint density at radius 2 is 1.95 bits per heavy atom. The number of rotatable bonds is 7. The van der Waals surface area contributed by atoms with Gasteiger partial charge in [0.05, 0.1) is 41.5 Å². The Bertz CT molecular complexity index is 1680. The van der Waals surface area contributed by atoms with Crippen LogP contribution in [-0.2, 0) is 49.2 Å². The summed E-state index contributed by atoms with van der Waals surface area (Å²) in [5.41, 5.74) is 6.28. The number of cyclic esters (lactones) is 1. The number of carbonyl (C=O) groups is 3. The number of aromatic nitrogens is 2. The highest BCUT2D eigenvalue weighted by Gasteiger charge is 2.50. The van der Waals surface area contributed by atoms with Crippen LogP contribution in [-0.4, -0.2) is 53.0 Å². The molecule has 12 heteroatoms. The van der Waals surface area contributed by atoms with Gasteiger partial charge in [-0.25, -0.2) is 14.2 Å². The van der Waals surface area contributed by atoms with Crippen LogP contribution in [0.4, 0.5) is 4.39 Å². The number of hydrogen-bond donors (Lipinski definition) is 1. The van der Waals surface area contributed by atoms with Gasteiger partial charge in [-0.2, -0.15) is 0 Å². The Hall–Kier alpha value is -4.16. The molecule has 0 aliphatic carbocycles. The Labute approximate surface area is 235 Å². The SMILES string of the molecule is CC[C@@]1(OC(=O)C(C)C)C(=O)OCc2c1cc1n(c2=O)Cc2c-1nc1cc(F)c(OC(=O)CN)cc1c2CN(C)C. The second-order valence-corrected chi connectivity index (χ2v) is 10.8. The van der Waals surface area contributed by atoms with Gasteiger partial charge in [0.15, 0.2) is 11.6 Å². The monoisotopic (exact) mass is 566 g/mol. The third-order valence-electron chi connectivity index (χ3n) is 7.44. The van der Waals surface area contributed by atoms with Gasteiger partial charge in [0, 0.05) is 29.1 Å². The number of carbonyl (C=O) groups excluding carboxylic acids is 3. The minimum absolute atomic E-state index is 0.0551. The van der Waals surface area contributed by atoms with Crippen molar-refractivity contribution in [2.45, 2.75) is 52.5 Å². The van der Waals surface area contributed by atoms with Crippen molar-refractivity contribution in [3.8, 4) is 17.1 Å². The molecule has 3 aromatic rings. The lowest BCUT2D eigenvalue weighted by Crippen LogP contribution is -2.48. The lowest BCUT2D eigenvalue weighted by Gasteiger charge is -2.36. The summed E-state index contributed by atoms with van der Waals surface area (Å²) >= 11 is 0. The van der Waals surface area contributed by atoms with Crippen LogP contribution >= 0.6 is 0 Å². The second-order valence-electron chi connectivity index (χ2n) is 10.8. The molecule has 0 amide bonds. The fourth-order valence-corrected chi connectivity index (χ4v) is 5.35. The van der Waals surface area contributed by atoms with Crippen molar-refractivity contribution < 1.29 is 33.0 Å². The Morgan fingerprint density at radius 3 is 2.59 bits per heavy atom. The number of pyridine rings is 2. The topological polar surface area (TPSA) is 143 Å². The molecule has 41 heavy (non-hydrogen) atoms. The molecule has 0 bridgehead atoms. The first-order valence-electron chi connectivity index (χ1n) is 13.3. The van der Waals surface area contributed by atoms with Gasteiger partial charge >= 0.3 is 17.9 Å². The van der Waals surface area contributed by atoms with Gasteiger partial charge in [-0.1, -0.05) is 20.8 Å². The molecule has 0 unspecified atom stereocenters. The van der Waals surface area contributed by atoms with E-state index < -0.39 is 47.3 Å². The van der Waals surface area contributed by atoms with E-state index in [0.717, 1.165) is 11.1 Å². The first-order valence-corrected chi connectivity index (χ1v) is 13.3. The van der Waals surface area contributed by atoms with E-state index in [9.17, 15) is 19.2 Å². The lowest BCUT2D eigenvalue weighted by atomic mass is 9.85. The van der Waals surface area contributed by atoms with Gasteiger partial charge in [0.25, 0.3) is 5.56 Å². The predicted molar refractivity (Wildman–Crippen MR) is 145 cm³/mol. The van der Waals surface area contributed by atoms with Crippen molar-refractivity contribution in [1.29, 1.82) is 0 Å². The summed E-state index contributed by atoms with van der Waals surface area (Å²) in [7, 11) is 3.73. The van der Waals surface area contributed by atoms with Crippen LogP contribution in [0.2, 0.25) is 0 Å². The number of benzene rings is 1. The minimum Gasteiger partial charge on any atom is -0.457 e. The fraction of sp³-hybridized carbons (Fsp3) is 0.414. The van der Waals surface area contributed by atoms with E-state index in [-0.39, 0.29) is 42.0 Å². The molecule has 2 aliphatic heterocycles. The Balaban J connectivity index is 1.76. The number of esters is 3. The first kappa shape index (κ1) is 28.4. The van der Waals surface area contributed by atoms with E-state index in [2.05, 4.69) is 0 Å². The van der Waals surface area contributed by atoms with Crippen molar-refractivity contribution in [3.05, 3.63) is 56.6 Å². The van der Waals surface area contributed by atoms with Crippen LogP contribution in [0.5, 0.6) is 5.75 Å². The van der Waals surface area contributed by atoms with Crippen molar-refractivity contribution >= 4 is 28.8 Å². The lowest BCUT2D eigenvalue weighted by molar-refractivity contribution is -0.191. The van der Waals surface area contributed by atoms with Gasteiger partial charge in [-0.3, -0.25) is 14.4 Å². The molecule has 0 radical (unpaired) electrons. The molecule has 0 spiro atoms. The van der Waals surface area contributed by atoms with Crippen LogP contribution in [0.3, 0.4) is 0 Å². The molecular formula is C29H31FN4O7. The highest BCUT2D eigenvalue weighted by molar-refractivity contribution is 5.91. The summed E-state index contributed by atoms with van der Waals surface area (Å²) in [4.78, 5) is 58.1. The molecule has 1 atom stereocenters. The standard InChI is InChI=1S/C29H31FN4O7/c1-6-29(41-27(37)14(2)3)19-8-22-25-17(12-34(22)26(36)18(19)13-39-28(29)38)16(11-33(4)5)15-7-23(40-24(35)10-31)20(30)9-21(15)32-25/h7-9,14H,6,10-13,31H2,1-5H3/t29-/m0/s1. The van der Waals surface area contributed by atoms with E-state index in [1.54, 1.807) is 26.8 Å². The zero-order valence-electron chi connectivity index (χ0n) is 23.5. The van der Waals surface area contributed by atoms with Gasteiger partial charge in [-0.15, -0.1) is 0 Å². The summed E-state index contributed by atoms with van der Waals surface area (Å²) in [5.74, 6) is -3.71. The van der Waals surface area contributed by atoms with Crippen LogP contribution in [0.15, 0.2) is 23.0 Å². The zero-order chi connectivity index (χ0) is 29.8. The van der Waals surface area contributed by atoms with Crippen molar-refractivity contribution in [2.75, 3.05) is 20.6 Å². The van der Waals surface area contributed by atoms with Crippen molar-refractivity contribution in [2.24, 2.45) is 11.7 Å². The normalized spacial score (nSPS) is 17.3. The quantitative estimate of drug-likeness (QED) is 0.262. The highest BCUT2D eigenvalue weighted by Crippen LogP contribution is 2.43. The van der Waals surface area contributed by atoms with Crippen LogP contribution in [0.1, 0.15) is 49.4 Å². The van der Waals surface area contributed by atoms with Gasteiger partial charge in [-0.05, 0) is 38.2 Å². The molecule has 0 saturated heterocycles. The first-order chi connectivity index (χ1) is 19.4. The summed E-state index contributed by atoms with van der Waals surface area (Å²) in [6.07, 6.45) is 0.0551. The highest BCUT2D eigenvalue weighted by atomic mass is 19.1. The van der Waals surface area contributed by atoms with E-state index >= 15 is 4.39 Å². The largest absolute Gasteiger partial charge is 0.457 e. The molecule has 0 saturated carbocycles. The summed E-state index contributed by atoms with van der Waals surface area (Å²) in [6.45, 7) is 4.89. The Kier molecular flexibility index (Phi) is 7.16. The van der Waals surface area contributed by atoms with Crippen LogP contribution in [0.25, 0.3) is 22.3 Å². The molecule has 2 aromatic heterocycles. The number of fused-ring (bicyclic) bond motifs is 5. The summed E-state index contributed by atoms with van der Waals surface area (Å²) in [6, 6.07) is 4.25. The molecule has 5 rings (SSSR count). The predicted octanol–water partition coefficient (Wildman–Crippen LogP) is 2.35. The van der Waals surface area contributed by atoms with E-state index in [1.165, 1.54) is 16.7 Å². The van der Waals surface area contributed by atoms with Crippen LogP contribution in [0, 0.1) is 11.7 Å². The third kappa shape index (κ3) is 4.56. The molecule has 11 nitrogen and oxygen atoms in total. The summed E-state index contributed by atoms with van der Waals surface area (Å²) in [5, 5.41) is 0.552. The van der Waals surface area contributed by atoms with E-state index in [4.69, 9.17) is 24.9 Å². The number of hydrogen-bond acceptors (Lipinski definition) is 10. The maximum atomic E-state index is 15.0. The Morgan fingerprint density at radius 1 is 1.22 bits per heavy atom. The maximum absolute atomic E-state index is 15.0. The average Bonchev–Trinajstić information content (AvgIpc) is 3.29.